The van der Waals surface area contributed by atoms with E-state index in [2.05, 4.69) is 5.10 Å². The largest absolute Gasteiger partial charge is 0.434 e. The molecule has 0 N–H and O–H groups in total. The van der Waals surface area contributed by atoms with E-state index in [-0.39, 0.29) is 5.56 Å². The Morgan fingerprint density at radius 2 is 1.94 bits per heavy atom. The Hall–Kier alpha value is -2.30. The number of nitrogens with zero attached hydrogens (tertiary/aromatic N) is 3. The highest BCUT2D eigenvalue weighted by atomic mass is 16.5. The van der Waals surface area contributed by atoms with E-state index >= 15 is 0 Å². The van der Waals surface area contributed by atoms with E-state index in [0.717, 1.165) is 11.4 Å². The summed E-state index contributed by atoms with van der Waals surface area (Å²) in [6, 6.07) is 9.17. The first kappa shape index (κ1) is 9.89. The number of aromatic nitrogens is 2. The summed E-state index contributed by atoms with van der Waals surface area (Å²) in [5.41, 5.74) is 1.46. The predicted octanol–water partition coefficient (Wildman–Crippen LogP) is 1.65. The first-order valence-corrected chi connectivity index (χ1v) is 5.26. The van der Waals surface area contributed by atoms with Crippen molar-refractivity contribution in [1.82, 2.24) is 9.78 Å². The standard InChI is InChI=1S/C12H11N3O2/c1-14-8-5-3-4-6-10(8)17-12-9(14)7-11(16)15(2)13-12/h3-7H,1-2H3. The van der Waals surface area contributed by atoms with Crippen LogP contribution in [0.3, 0.4) is 0 Å². The number of aryl methyl sites for hydroxylation is 1. The zero-order valence-corrected chi connectivity index (χ0v) is 9.54. The molecule has 0 saturated carbocycles. The average molecular weight is 229 g/mol. The van der Waals surface area contributed by atoms with Crippen molar-refractivity contribution < 1.29 is 4.74 Å². The van der Waals surface area contributed by atoms with Crippen LogP contribution < -0.4 is 15.2 Å². The predicted molar refractivity (Wildman–Crippen MR) is 64.1 cm³/mol. The van der Waals surface area contributed by atoms with Gasteiger partial charge in [-0.25, -0.2) is 4.68 Å². The molecule has 0 saturated heterocycles. The van der Waals surface area contributed by atoms with Gasteiger partial charge in [0.15, 0.2) is 5.75 Å². The molecular formula is C12H11N3O2. The van der Waals surface area contributed by atoms with Gasteiger partial charge in [-0.15, -0.1) is 5.10 Å². The first-order chi connectivity index (χ1) is 8.16. The van der Waals surface area contributed by atoms with Crippen LogP contribution in [0.25, 0.3) is 0 Å². The highest BCUT2D eigenvalue weighted by Gasteiger charge is 2.23. The fourth-order valence-corrected chi connectivity index (χ4v) is 1.88. The van der Waals surface area contributed by atoms with Crippen LogP contribution in [0.4, 0.5) is 11.4 Å². The molecule has 2 heterocycles. The van der Waals surface area contributed by atoms with E-state index in [9.17, 15) is 4.79 Å². The van der Waals surface area contributed by atoms with Gasteiger partial charge >= 0.3 is 0 Å². The van der Waals surface area contributed by atoms with Crippen LogP contribution in [0.15, 0.2) is 35.1 Å². The molecule has 1 aromatic carbocycles. The number of hydrogen-bond acceptors (Lipinski definition) is 4. The van der Waals surface area contributed by atoms with Crippen LogP contribution in [0.5, 0.6) is 11.6 Å². The van der Waals surface area contributed by atoms with Crippen LogP contribution in [0.1, 0.15) is 0 Å². The molecule has 0 atom stereocenters. The van der Waals surface area contributed by atoms with Gasteiger partial charge in [0.25, 0.3) is 11.4 Å². The minimum Gasteiger partial charge on any atom is -0.434 e. The molecule has 0 amide bonds. The van der Waals surface area contributed by atoms with Gasteiger partial charge < -0.3 is 9.64 Å². The van der Waals surface area contributed by atoms with E-state index < -0.39 is 0 Å². The normalized spacial score (nSPS) is 12.7. The first-order valence-electron chi connectivity index (χ1n) is 5.26. The molecule has 2 aromatic rings. The lowest BCUT2D eigenvalue weighted by Gasteiger charge is -2.28. The fourth-order valence-electron chi connectivity index (χ4n) is 1.88. The third-order valence-electron chi connectivity index (χ3n) is 2.83. The molecule has 1 aliphatic heterocycles. The van der Waals surface area contributed by atoms with Gasteiger partial charge in [0.1, 0.15) is 5.69 Å². The van der Waals surface area contributed by atoms with Gasteiger partial charge in [-0.2, -0.15) is 0 Å². The molecule has 0 bridgehead atoms. The number of para-hydroxylation sites is 2. The highest BCUT2D eigenvalue weighted by Crippen LogP contribution is 2.43. The quantitative estimate of drug-likeness (QED) is 0.689. The number of hydrogen-bond donors (Lipinski definition) is 0. The van der Waals surface area contributed by atoms with Crippen molar-refractivity contribution in [2.75, 3.05) is 11.9 Å². The molecule has 5 nitrogen and oxygen atoms in total. The fraction of sp³-hybridized carbons (Fsp3) is 0.167. The van der Waals surface area contributed by atoms with Crippen molar-refractivity contribution in [2.24, 2.45) is 7.05 Å². The molecular weight excluding hydrogens is 218 g/mol. The molecule has 5 heteroatoms. The van der Waals surface area contributed by atoms with Crippen LogP contribution in [0, 0.1) is 0 Å². The third-order valence-corrected chi connectivity index (χ3v) is 2.83. The minimum absolute atomic E-state index is 0.154. The molecule has 3 rings (SSSR count). The van der Waals surface area contributed by atoms with Crippen molar-refractivity contribution in [3.63, 3.8) is 0 Å². The lowest BCUT2D eigenvalue weighted by atomic mass is 10.2. The number of ether oxygens (including phenoxy) is 1. The van der Waals surface area contributed by atoms with Crippen molar-refractivity contribution >= 4 is 11.4 Å². The zero-order valence-electron chi connectivity index (χ0n) is 9.54. The maximum Gasteiger partial charge on any atom is 0.268 e. The third kappa shape index (κ3) is 1.39. The average Bonchev–Trinajstić information content (AvgIpc) is 2.32. The summed E-state index contributed by atoms with van der Waals surface area (Å²) in [7, 11) is 3.49. The van der Waals surface area contributed by atoms with Crippen molar-refractivity contribution in [3.05, 3.63) is 40.7 Å². The summed E-state index contributed by atoms with van der Waals surface area (Å²) in [6.45, 7) is 0. The SMILES string of the molecule is CN1c2ccccc2Oc2nn(C)c(=O)cc21. The Labute approximate surface area is 97.9 Å². The Balaban J connectivity index is 2.23. The Kier molecular flexibility index (Phi) is 1.95. The number of anilines is 2. The van der Waals surface area contributed by atoms with Gasteiger partial charge in [-0.3, -0.25) is 4.79 Å². The minimum atomic E-state index is -0.154. The highest BCUT2D eigenvalue weighted by molar-refractivity contribution is 5.75. The maximum atomic E-state index is 11.6. The second-order valence-electron chi connectivity index (χ2n) is 3.93. The number of rotatable bonds is 0. The molecule has 1 aliphatic rings. The van der Waals surface area contributed by atoms with E-state index in [1.807, 2.05) is 36.2 Å². The monoisotopic (exact) mass is 229 g/mol. The molecule has 0 unspecified atom stereocenters. The topological polar surface area (TPSA) is 47.4 Å². The van der Waals surface area contributed by atoms with Gasteiger partial charge in [-0.1, -0.05) is 12.1 Å². The Bertz CT molecular complexity index is 648. The van der Waals surface area contributed by atoms with Crippen LogP contribution in [-0.2, 0) is 7.05 Å². The van der Waals surface area contributed by atoms with Crippen LogP contribution in [-0.4, -0.2) is 16.8 Å². The van der Waals surface area contributed by atoms with Gasteiger partial charge in [0.05, 0.1) is 5.69 Å². The van der Waals surface area contributed by atoms with Gasteiger partial charge in [0, 0.05) is 20.2 Å². The molecule has 0 spiro atoms. The second-order valence-corrected chi connectivity index (χ2v) is 3.93. The molecule has 1 aromatic heterocycles. The van der Waals surface area contributed by atoms with Crippen molar-refractivity contribution in [2.45, 2.75) is 0 Å². The van der Waals surface area contributed by atoms with Gasteiger partial charge in [0.2, 0.25) is 0 Å². The van der Waals surface area contributed by atoms with Crippen molar-refractivity contribution in [3.8, 4) is 11.6 Å². The van der Waals surface area contributed by atoms with E-state index in [4.69, 9.17) is 4.74 Å². The van der Waals surface area contributed by atoms with E-state index in [0.29, 0.717) is 11.6 Å². The van der Waals surface area contributed by atoms with Gasteiger partial charge in [-0.05, 0) is 12.1 Å². The summed E-state index contributed by atoms with van der Waals surface area (Å²) < 4.78 is 6.94. The second kappa shape index (κ2) is 3.35. The number of fused-ring (bicyclic) bond motifs is 2. The molecule has 86 valence electrons. The Morgan fingerprint density at radius 3 is 2.76 bits per heavy atom. The summed E-state index contributed by atoms with van der Waals surface area (Å²) in [5, 5.41) is 4.10. The smallest absolute Gasteiger partial charge is 0.268 e. The van der Waals surface area contributed by atoms with Crippen molar-refractivity contribution in [1.29, 1.82) is 0 Å². The van der Waals surface area contributed by atoms with Crippen LogP contribution in [0.2, 0.25) is 0 Å². The molecule has 0 aliphatic carbocycles. The summed E-state index contributed by atoms with van der Waals surface area (Å²) in [6.07, 6.45) is 0. The summed E-state index contributed by atoms with van der Waals surface area (Å²) >= 11 is 0. The lowest BCUT2D eigenvalue weighted by Crippen LogP contribution is -2.25. The number of benzene rings is 1. The summed E-state index contributed by atoms with van der Waals surface area (Å²) in [4.78, 5) is 13.5. The zero-order chi connectivity index (χ0) is 12.0. The molecule has 0 radical (unpaired) electrons. The molecule has 0 fully saturated rings. The maximum absolute atomic E-state index is 11.6. The van der Waals surface area contributed by atoms with E-state index in [1.165, 1.54) is 10.7 Å². The Morgan fingerprint density at radius 1 is 1.18 bits per heavy atom. The summed E-state index contributed by atoms with van der Waals surface area (Å²) in [5.74, 6) is 1.20. The molecule has 17 heavy (non-hydrogen) atoms. The lowest BCUT2D eigenvalue weighted by molar-refractivity contribution is 0.434. The van der Waals surface area contributed by atoms with E-state index in [1.54, 1.807) is 7.05 Å². The van der Waals surface area contributed by atoms with Crippen LogP contribution >= 0.6 is 0 Å².